The van der Waals surface area contributed by atoms with Crippen molar-refractivity contribution in [1.29, 1.82) is 0 Å². The van der Waals surface area contributed by atoms with Crippen molar-refractivity contribution < 1.29 is 21.6 Å². The number of rotatable bonds is 4. The van der Waals surface area contributed by atoms with Gasteiger partial charge in [-0.15, -0.1) is 12.4 Å². The Morgan fingerprint density at radius 1 is 1.35 bits per heavy atom. The van der Waals surface area contributed by atoms with Crippen LogP contribution >= 0.6 is 12.4 Å². The second-order valence-corrected chi connectivity index (χ2v) is 6.03. The second-order valence-electron chi connectivity index (χ2n) is 3.94. The number of hydrogen-bond donors (Lipinski definition) is 1. The van der Waals surface area contributed by atoms with Gasteiger partial charge in [-0.3, -0.25) is 0 Å². The van der Waals surface area contributed by atoms with Crippen molar-refractivity contribution in [2.75, 3.05) is 18.8 Å². The first-order valence-corrected chi connectivity index (χ1v) is 6.62. The van der Waals surface area contributed by atoms with Crippen LogP contribution in [-0.2, 0) is 10.0 Å². The molecule has 1 fully saturated rings. The predicted molar refractivity (Wildman–Crippen MR) is 60.5 cm³/mol. The van der Waals surface area contributed by atoms with Crippen LogP contribution in [0.4, 0.5) is 13.2 Å². The molecule has 17 heavy (non-hydrogen) atoms. The molecule has 4 nitrogen and oxygen atoms in total. The molecule has 1 heterocycles. The zero-order valence-corrected chi connectivity index (χ0v) is 10.7. The SMILES string of the molecule is Cl.NC1CCN(S(=O)(=O)CCCC(F)(F)F)C1. The van der Waals surface area contributed by atoms with Gasteiger partial charge in [0, 0.05) is 25.6 Å². The monoisotopic (exact) mass is 296 g/mol. The summed E-state index contributed by atoms with van der Waals surface area (Å²) < 4.78 is 59.8. The number of hydrogen-bond acceptors (Lipinski definition) is 3. The van der Waals surface area contributed by atoms with Gasteiger partial charge in [0.25, 0.3) is 0 Å². The Labute approximate surface area is 105 Å². The minimum atomic E-state index is -4.29. The molecule has 104 valence electrons. The van der Waals surface area contributed by atoms with E-state index in [-0.39, 0.29) is 25.0 Å². The number of nitrogens with zero attached hydrogens (tertiary/aromatic N) is 1. The van der Waals surface area contributed by atoms with Crippen LogP contribution < -0.4 is 5.73 Å². The van der Waals surface area contributed by atoms with E-state index < -0.39 is 34.8 Å². The van der Waals surface area contributed by atoms with Crippen LogP contribution in [0.2, 0.25) is 0 Å². The Balaban J connectivity index is 0.00000256. The van der Waals surface area contributed by atoms with Crippen LogP contribution in [0, 0.1) is 0 Å². The number of halogens is 4. The summed E-state index contributed by atoms with van der Waals surface area (Å²) in [5.41, 5.74) is 5.53. The maximum atomic E-state index is 11.8. The highest BCUT2D eigenvalue weighted by Crippen LogP contribution is 2.22. The maximum absolute atomic E-state index is 11.8. The molecule has 1 aliphatic heterocycles. The Bertz CT molecular complexity index is 334. The van der Waals surface area contributed by atoms with Gasteiger partial charge in [-0.05, 0) is 12.8 Å². The molecule has 1 atom stereocenters. The molecule has 0 aromatic rings. The molecule has 1 aliphatic rings. The van der Waals surface area contributed by atoms with Crippen LogP contribution in [0.1, 0.15) is 19.3 Å². The van der Waals surface area contributed by atoms with Crippen molar-refractivity contribution in [3.05, 3.63) is 0 Å². The van der Waals surface area contributed by atoms with Crippen LogP contribution in [0.15, 0.2) is 0 Å². The third-order valence-electron chi connectivity index (χ3n) is 2.44. The van der Waals surface area contributed by atoms with Gasteiger partial charge in [0.1, 0.15) is 0 Å². The molecule has 0 amide bonds. The van der Waals surface area contributed by atoms with Crippen molar-refractivity contribution in [2.24, 2.45) is 5.73 Å². The van der Waals surface area contributed by atoms with E-state index in [4.69, 9.17) is 5.73 Å². The second kappa shape index (κ2) is 6.21. The summed E-state index contributed by atoms with van der Waals surface area (Å²) in [6, 6.07) is -0.197. The van der Waals surface area contributed by atoms with E-state index in [2.05, 4.69) is 0 Å². The summed E-state index contributed by atoms with van der Waals surface area (Å²) in [5.74, 6) is -0.459. The van der Waals surface area contributed by atoms with Crippen molar-refractivity contribution in [3.63, 3.8) is 0 Å². The molecule has 0 radical (unpaired) electrons. The zero-order chi connectivity index (χ0) is 12.4. The van der Waals surface area contributed by atoms with Gasteiger partial charge in [0.05, 0.1) is 5.75 Å². The lowest BCUT2D eigenvalue weighted by Crippen LogP contribution is -2.33. The van der Waals surface area contributed by atoms with Gasteiger partial charge in [-0.2, -0.15) is 13.2 Å². The average Bonchev–Trinajstić information content (AvgIpc) is 2.49. The van der Waals surface area contributed by atoms with Crippen molar-refractivity contribution in [1.82, 2.24) is 4.31 Å². The molecule has 0 aromatic carbocycles. The van der Waals surface area contributed by atoms with Crippen molar-refractivity contribution in [3.8, 4) is 0 Å². The molecule has 0 bridgehead atoms. The maximum Gasteiger partial charge on any atom is 0.389 e. The first-order valence-electron chi connectivity index (χ1n) is 5.01. The van der Waals surface area contributed by atoms with Crippen LogP contribution in [-0.4, -0.2) is 43.8 Å². The Morgan fingerprint density at radius 2 is 1.94 bits per heavy atom. The van der Waals surface area contributed by atoms with E-state index >= 15 is 0 Å². The Morgan fingerprint density at radius 3 is 2.35 bits per heavy atom. The first-order chi connectivity index (χ1) is 7.21. The highest BCUT2D eigenvalue weighted by atomic mass is 35.5. The summed E-state index contributed by atoms with van der Waals surface area (Å²) >= 11 is 0. The highest BCUT2D eigenvalue weighted by Gasteiger charge is 2.31. The van der Waals surface area contributed by atoms with Crippen LogP contribution in [0.5, 0.6) is 0 Å². The van der Waals surface area contributed by atoms with Crippen LogP contribution in [0.3, 0.4) is 0 Å². The summed E-state index contributed by atoms with van der Waals surface area (Å²) in [4.78, 5) is 0. The van der Waals surface area contributed by atoms with Gasteiger partial charge in [-0.25, -0.2) is 12.7 Å². The zero-order valence-electron chi connectivity index (χ0n) is 9.11. The third-order valence-corrected chi connectivity index (χ3v) is 4.37. The fourth-order valence-corrected chi connectivity index (χ4v) is 3.16. The average molecular weight is 297 g/mol. The molecule has 0 aliphatic carbocycles. The van der Waals surface area contributed by atoms with Gasteiger partial charge in [0.15, 0.2) is 0 Å². The van der Waals surface area contributed by atoms with Gasteiger partial charge in [0.2, 0.25) is 10.0 Å². The largest absolute Gasteiger partial charge is 0.389 e. The minimum Gasteiger partial charge on any atom is -0.326 e. The quantitative estimate of drug-likeness (QED) is 0.845. The molecular formula is C8H16ClF3N2O2S. The lowest BCUT2D eigenvalue weighted by molar-refractivity contribution is -0.134. The normalized spacial score (nSPS) is 22.5. The summed E-state index contributed by atoms with van der Waals surface area (Å²) in [5, 5.41) is 0. The topological polar surface area (TPSA) is 63.4 Å². The molecule has 2 N–H and O–H groups in total. The molecule has 1 saturated heterocycles. The molecular weight excluding hydrogens is 281 g/mol. The third kappa shape index (κ3) is 5.89. The van der Waals surface area contributed by atoms with Gasteiger partial charge >= 0.3 is 6.18 Å². The summed E-state index contributed by atoms with van der Waals surface area (Å²) in [7, 11) is -3.56. The van der Waals surface area contributed by atoms with Gasteiger partial charge < -0.3 is 5.73 Å². The molecule has 1 rings (SSSR count). The number of alkyl halides is 3. The Hall–Kier alpha value is -0.0500. The van der Waals surface area contributed by atoms with Crippen molar-refractivity contribution >= 4 is 22.4 Å². The Kier molecular flexibility index (Phi) is 6.20. The molecule has 1 unspecified atom stereocenters. The van der Waals surface area contributed by atoms with E-state index in [1.807, 2.05) is 0 Å². The summed E-state index contributed by atoms with van der Waals surface area (Å²) in [6.07, 6.45) is -5.18. The smallest absolute Gasteiger partial charge is 0.326 e. The number of sulfonamides is 1. The van der Waals surface area contributed by atoms with Gasteiger partial charge in [-0.1, -0.05) is 0 Å². The fraction of sp³-hybridized carbons (Fsp3) is 1.00. The van der Waals surface area contributed by atoms with Crippen molar-refractivity contribution in [2.45, 2.75) is 31.5 Å². The van der Waals surface area contributed by atoms with E-state index in [0.717, 1.165) is 0 Å². The molecule has 0 spiro atoms. The van der Waals surface area contributed by atoms with E-state index in [1.54, 1.807) is 0 Å². The first kappa shape index (κ1) is 16.9. The fourth-order valence-electron chi connectivity index (χ4n) is 1.59. The molecule has 0 aromatic heterocycles. The highest BCUT2D eigenvalue weighted by molar-refractivity contribution is 7.89. The van der Waals surface area contributed by atoms with E-state index in [1.165, 1.54) is 4.31 Å². The summed E-state index contributed by atoms with van der Waals surface area (Å²) in [6.45, 7) is 0.532. The minimum absolute atomic E-state index is 0. The molecule has 9 heteroatoms. The van der Waals surface area contributed by atoms with Crippen LogP contribution in [0.25, 0.3) is 0 Å². The molecule has 0 saturated carbocycles. The number of nitrogens with two attached hydrogens (primary N) is 1. The van der Waals surface area contributed by atoms with E-state index in [0.29, 0.717) is 13.0 Å². The van der Waals surface area contributed by atoms with E-state index in [9.17, 15) is 21.6 Å². The lowest BCUT2D eigenvalue weighted by atomic mass is 10.3. The lowest BCUT2D eigenvalue weighted by Gasteiger charge is -2.16. The standard InChI is InChI=1S/C8H15F3N2O2S.ClH/c9-8(10,11)3-1-5-16(14,15)13-4-2-7(12)6-13;/h7H,1-6,12H2;1H. The predicted octanol–water partition coefficient (Wildman–Crippen LogP) is 1.11.